The summed E-state index contributed by atoms with van der Waals surface area (Å²) in [5.74, 6) is 2.50. The Hall–Kier alpha value is -0.570. The van der Waals surface area contributed by atoms with Gasteiger partial charge in [-0.25, -0.2) is 0 Å². The van der Waals surface area contributed by atoms with Gasteiger partial charge in [-0.3, -0.25) is 4.57 Å². The van der Waals surface area contributed by atoms with Crippen molar-refractivity contribution < 1.29 is 0 Å². The van der Waals surface area contributed by atoms with Crippen LogP contribution in [0.3, 0.4) is 0 Å². The maximum atomic E-state index is 6.16. The number of hydrogen-bond acceptors (Lipinski definition) is 2. The average Bonchev–Trinajstić information content (AvgIpc) is 2.75. The van der Waals surface area contributed by atoms with Crippen LogP contribution in [0.15, 0.2) is 0 Å². The summed E-state index contributed by atoms with van der Waals surface area (Å²) in [6.45, 7) is 6.80. The molecule has 16 heavy (non-hydrogen) atoms. The zero-order chi connectivity index (χ0) is 11.7. The molecule has 2 rings (SSSR count). The van der Waals surface area contributed by atoms with Gasteiger partial charge in [0.05, 0.1) is 0 Å². The van der Waals surface area contributed by atoms with Crippen LogP contribution in [-0.2, 0) is 6.42 Å². The van der Waals surface area contributed by atoms with Crippen molar-refractivity contribution in [1.82, 2.24) is 14.8 Å². The number of halogens is 1. The molecular weight excluding hydrogens is 222 g/mol. The molecule has 3 atom stereocenters. The van der Waals surface area contributed by atoms with E-state index in [0.29, 0.717) is 17.2 Å². The van der Waals surface area contributed by atoms with Crippen LogP contribution in [0.1, 0.15) is 51.9 Å². The van der Waals surface area contributed by atoms with E-state index in [1.54, 1.807) is 0 Å². The van der Waals surface area contributed by atoms with E-state index in [9.17, 15) is 0 Å². The summed E-state index contributed by atoms with van der Waals surface area (Å²) in [6.07, 6.45) is 4.55. The molecule has 1 heterocycles. The van der Waals surface area contributed by atoms with Crippen molar-refractivity contribution in [2.45, 2.75) is 52.5 Å². The second-order valence-electron chi connectivity index (χ2n) is 4.99. The van der Waals surface area contributed by atoms with E-state index < -0.39 is 0 Å². The van der Waals surface area contributed by atoms with Gasteiger partial charge in [0, 0.05) is 12.5 Å². The molecule has 0 aromatic carbocycles. The molecule has 0 amide bonds. The molecule has 1 aromatic heterocycles. The van der Waals surface area contributed by atoms with Crippen molar-refractivity contribution in [2.24, 2.45) is 11.8 Å². The smallest absolute Gasteiger partial charge is 0.225 e. The molecule has 0 radical (unpaired) electrons. The summed E-state index contributed by atoms with van der Waals surface area (Å²) in [5.41, 5.74) is 0. The fraction of sp³-hybridized carbons (Fsp3) is 0.833. The summed E-state index contributed by atoms with van der Waals surface area (Å²) < 4.78 is 2.17. The number of hydrogen-bond donors (Lipinski definition) is 0. The molecular formula is C12H20ClN3. The molecule has 1 aliphatic carbocycles. The zero-order valence-electron chi connectivity index (χ0n) is 10.3. The third-order valence-electron chi connectivity index (χ3n) is 3.95. The normalized spacial score (nSPS) is 29.9. The highest BCUT2D eigenvalue weighted by Gasteiger charge is 2.33. The molecule has 3 nitrogen and oxygen atoms in total. The van der Waals surface area contributed by atoms with Crippen LogP contribution in [0.4, 0.5) is 0 Å². The second-order valence-corrected chi connectivity index (χ2v) is 5.32. The highest BCUT2D eigenvalue weighted by molar-refractivity contribution is 6.28. The van der Waals surface area contributed by atoms with Gasteiger partial charge in [-0.2, -0.15) is 0 Å². The van der Waals surface area contributed by atoms with E-state index in [1.807, 2.05) is 0 Å². The molecule has 0 saturated heterocycles. The standard InChI is InChI=1S/C12H20ClN3/c1-4-5-11-14-15-12(13)16(11)10-7-6-8(2)9(10)3/h8-10H,4-7H2,1-3H3. The van der Waals surface area contributed by atoms with Crippen LogP contribution >= 0.6 is 11.6 Å². The predicted molar refractivity (Wildman–Crippen MR) is 65.6 cm³/mol. The van der Waals surface area contributed by atoms with Crippen molar-refractivity contribution in [3.63, 3.8) is 0 Å². The Kier molecular flexibility index (Phi) is 3.53. The Bertz CT molecular complexity index is 361. The molecule has 0 N–H and O–H groups in total. The lowest BCUT2D eigenvalue weighted by atomic mass is 9.97. The highest BCUT2D eigenvalue weighted by Crippen LogP contribution is 2.41. The van der Waals surface area contributed by atoms with E-state index in [1.165, 1.54) is 12.8 Å². The molecule has 0 aliphatic heterocycles. The predicted octanol–water partition coefficient (Wildman–Crippen LogP) is 3.49. The van der Waals surface area contributed by atoms with Crippen LogP contribution < -0.4 is 0 Å². The van der Waals surface area contributed by atoms with E-state index in [0.717, 1.165) is 24.6 Å². The number of aryl methyl sites for hydroxylation is 1. The molecule has 1 fully saturated rings. The van der Waals surface area contributed by atoms with E-state index in [4.69, 9.17) is 11.6 Å². The van der Waals surface area contributed by atoms with Crippen molar-refractivity contribution >= 4 is 11.6 Å². The summed E-state index contributed by atoms with van der Waals surface area (Å²) in [4.78, 5) is 0. The Morgan fingerprint density at radius 2 is 2.06 bits per heavy atom. The van der Waals surface area contributed by atoms with Crippen LogP contribution in [0.2, 0.25) is 5.28 Å². The highest BCUT2D eigenvalue weighted by atomic mass is 35.5. The third-order valence-corrected chi connectivity index (χ3v) is 4.21. The summed E-state index contributed by atoms with van der Waals surface area (Å²) >= 11 is 6.16. The van der Waals surface area contributed by atoms with Gasteiger partial charge in [0.2, 0.25) is 5.28 Å². The van der Waals surface area contributed by atoms with Gasteiger partial charge in [-0.05, 0) is 42.7 Å². The Morgan fingerprint density at radius 1 is 1.31 bits per heavy atom. The van der Waals surface area contributed by atoms with Crippen LogP contribution in [0, 0.1) is 11.8 Å². The molecule has 1 aliphatic rings. The van der Waals surface area contributed by atoms with E-state index >= 15 is 0 Å². The van der Waals surface area contributed by atoms with Crippen molar-refractivity contribution in [3.8, 4) is 0 Å². The molecule has 3 unspecified atom stereocenters. The first-order valence-corrected chi connectivity index (χ1v) is 6.62. The van der Waals surface area contributed by atoms with Gasteiger partial charge >= 0.3 is 0 Å². The molecule has 0 spiro atoms. The number of aromatic nitrogens is 3. The molecule has 4 heteroatoms. The monoisotopic (exact) mass is 241 g/mol. The Labute approximate surface area is 102 Å². The van der Waals surface area contributed by atoms with Gasteiger partial charge in [-0.15, -0.1) is 10.2 Å². The van der Waals surface area contributed by atoms with Crippen LogP contribution in [-0.4, -0.2) is 14.8 Å². The fourth-order valence-corrected chi connectivity index (χ4v) is 2.99. The van der Waals surface area contributed by atoms with Crippen LogP contribution in [0.5, 0.6) is 0 Å². The lowest BCUT2D eigenvalue weighted by molar-refractivity contribution is 0.345. The lowest BCUT2D eigenvalue weighted by Crippen LogP contribution is -2.17. The Balaban J connectivity index is 2.28. The largest absolute Gasteiger partial charge is 0.298 e. The summed E-state index contributed by atoms with van der Waals surface area (Å²) in [7, 11) is 0. The second kappa shape index (κ2) is 4.74. The SMILES string of the molecule is CCCc1nnc(Cl)n1C1CCC(C)C1C. The first-order chi connectivity index (χ1) is 7.65. The van der Waals surface area contributed by atoms with Crippen molar-refractivity contribution in [2.75, 3.05) is 0 Å². The van der Waals surface area contributed by atoms with E-state index in [-0.39, 0.29) is 0 Å². The van der Waals surface area contributed by atoms with Gasteiger partial charge in [0.25, 0.3) is 0 Å². The number of rotatable bonds is 3. The zero-order valence-corrected chi connectivity index (χ0v) is 11.0. The van der Waals surface area contributed by atoms with Crippen molar-refractivity contribution in [3.05, 3.63) is 11.1 Å². The topological polar surface area (TPSA) is 30.7 Å². The number of nitrogens with zero attached hydrogens (tertiary/aromatic N) is 3. The third kappa shape index (κ3) is 1.97. The maximum Gasteiger partial charge on any atom is 0.225 e. The van der Waals surface area contributed by atoms with Gasteiger partial charge in [-0.1, -0.05) is 20.8 Å². The summed E-state index contributed by atoms with van der Waals surface area (Å²) in [6, 6.07) is 0.499. The lowest BCUT2D eigenvalue weighted by Gasteiger charge is -2.21. The molecule has 90 valence electrons. The Morgan fingerprint density at radius 3 is 2.62 bits per heavy atom. The summed E-state index contributed by atoms with van der Waals surface area (Å²) in [5, 5.41) is 8.77. The molecule has 1 aromatic rings. The molecule has 1 saturated carbocycles. The average molecular weight is 242 g/mol. The first-order valence-electron chi connectivity index (χ1n) is 6.24. The van der Waals surface area contributed by atoms with Gasteiger partial charge in [0.1, 0.15) is 5.82 Å². The maximum absolute atomic E-state index is 6.16. The first kappa shape index (κ1) is 11.9. The van der Waals surface area contributed by atoms with E-state index in [2.05, 4.69) is 35.5 Å². The van der Waals surface area contributed by atoms with Crippen molar-refractivity contribution in [1.29, 1.82) is 0 Å². The fourth-order valence-electron chi connectivity index (χ4n) is 2.73. The minimum atomic E-state index is 0.499. The van der Waals surface area contributed by atoms with Crippen LogP contribution in [0.25, 0.3) is 0 Å². The van der Waals surface area contributed by atoms with Gasteiger partial charge < -0.3 is 0 Å². The minimum absolute atomic E-state index is 0.499. The van der Waals surface area contributed by atoms with Gasteiger partial charge in [0.15, 0.2) is 0 Å². The quantitative estimate of drug-likeness (QED) is 0.811. The molecule has 0 bridgehead atoms. The minimum Gasteiger partial charge on any atom is -0.298 e.